The maximum Gasteiger partial charge on any atom is 0.144 e. The number of allylic oxidation sites excluding steroid dienone is 1. The number of rotatable bonds is 3. The van der Waals surface area contributed by atoms with Crippen LogP contribution in [0.1, 0.15) is 28.8 Å². The first-order chi connectivity index (χ1) is 26.8. The Morgan fingerprint density at radius 2 is 1.20 bits per heavy atom. The lowest BCUT2D eigenvalue weighted by Crippen LogP contribution is -2.02. The molecule has 1 aliphatic heterocycles. The van der Waals surface area contributed by atoms with Crippen molar-refractivity contribution in [2.45, 2.75) is 12.8 Å². The first kappa shape index (κ1) is 29.5. The van der Waals surface area contributed by atoms with Gasteiger partial charge in [0.05, 0.1) is 11.2 Å². The Balaban J connectivity index is 1.16. The van der Waals surface area contributed by atoms with Crippen molar-refractivity contribution < 1.29 is 13.6 Å². The molecule has 0 amide bonds. The molecule has 0 unspecified atom stereocenters. The molecule has 10 aromatic rings. The molecular weight excluding hydrogens is 663 g/mol. The highest BCUT2D eigenvalue weighted by Crippen LogP contribution is 2.48. The van der Waals surface area contributed by atoms with Crippen LogP contribution in [0, 0.1) is 0 Å². The lowest BCUT2D eigenvalue weighted by Gasteiger charge is -2.18. The zero-order chi connectivity index (χ0) is 35.3. The van der Waals surface area contributed by atoms with Crippen molar-refractivity contribution in [3.05, 3.63) is 168 Å². The summed E-state index contributed by atoms with van der Waals surface area (Å²) in [6.45, 7) is 0. The zero-order valence-corrected chi connectivity index (χ0v) is 29.2. The van der Waals surface area contributed by atoms with E-state index in [9.17, 15) is 0 Å². The molecule has 1 aliphatic carbocycles. The van der Waals surface area contributed by atoms with Crippen molar-refractivity contribution in [2.75, 3.05) is 0 Å². The summed E-state index contributed by atoms with van der Waals surface area (Å²) >= 11 is 0. The van der Waals surface area contributed by atoms with Gasteiger partial charge in [0.15, 0.2) is 0 Å². The summed E-state index contributed by atoms with van der Waals surface area (Å²) in [7, 11) is 0. The molecule has 254 valence electrons. The van der Waals surface area contributed by atoms with Crippen LogP contribution in [0.25, 0.3) is 101 Å². The van der Waals surface area contributed by atoms with E-state index in [0.717, 1.165) is 118 Å². The monoisotopic (exact) mass is 693 g/mol. The van der Waals surface area contributed by atoms with Crippen molar-refractivity contribution in [1.82, 2.24) is 4.57 Å². The second-order valence-electron chi connectivity index (χ2n) is 14.3. The van der Waals surface area contributed by atoms with E-state index in [-0.39, 0.29) is 0 Å². The Morgan fingerprint density at radius 1 is 0.519 bits per heavy atom. The quantitative estimate of drug-likeness (QED) is 0.185. The lowest BCUT2D eigenvalue weighted by atomic mass is 9.94. The number of aryl methyl sites for hydroxylation is 1. The van der Waals surface area contributed by atoms with Crippen LogP contribution in [0.4, 0.5) is 0 Å². The minimum Gasteiger partial charge on any atom is -0.455 e. The van der Waals surface area contributed by atoms with Gasteiger partial charge in [-0.1, -0.05) is 115 Å². The van der Waals surface area contributed by atoms with Gasteiger partial charge in [0.2, 0.25) is 0 Å². The normalized spacial score (nSPS) is 13.4. The minimum absolute atomic E-state index is 0.870. The number of ether oxygens (including phenoxy) is 1. The lowest BCUT2D eigenvalue weighted by molar-refractivity contribution is 0.487. The molecule has 7 aromatic carbocycles. The zero-order valence-electron chi connectivity index (χ0n) is 29.2. The van der Waals surface area contributed by atoms with Crippen molar-refractivity contribution in [3.63, 3.8) is 0 Å². The SMILES string of the molecule is C1=Cc2c(c3c4c(ccc3n2-c2ccc(-c3cccc5c3oc3ccccc35)cc2-c2cccc3c2oc2ccccc23)C=Cc2ccccc2O4)CC1. The summed E-state index contributed by atoms with van der Waals surface area (Å²) in [4.78, 5) is 0. The fourth-order valence-corrected chi connectivity index (χ4v) is 8.86. The third-order valence-electron chi connectivity index (χ3n) is 11.3. The van der Waals surface area contributed by atoms with Crippen LogP contribution in [0.3, 0.4) is 0 Å². The summed E-state index contributed by atoms with van der Waals surface area (Å²) in [6, 6.07) is 49.1. The third-order valence-corrected chi connectivity index (χ3v) is 11.3. The molecule has 4 heteroatoms. The number of hydrogen-bond acceptors (Lipinski definition) is 3. The molecule has 0 saturated heterocycles. The van der Waals surface area contributed by atoms with Crippen molar-refractivity contribution in [3.8, 4) is 39.4 Å². The average Bonchev–Trinajstić information content (AvgIpc) is 3.86. The average molecular weight is 694 g/mol. The van der Waals surface area contributed by atoms with Crippen LogP contribution in [0.5, 0.6) is 11.5 Å². The van der Waals surface area contributed by atoms with Crippen LogP contribution in [0.15, 0.2) is 154 Å². The molecule has 0 N–H and O–H groups in total. The molecule has 4 heterocycles. The number of aromatic nitrogens is 1. The number of benzene rings is 7. The summed E-state index contributed by atoms with van der Waals surface area (Å²) in [5.74, 6) is 1.78. The highest BCUT2D eigenvalue weighted by atomic mass is 16.5. The Morgan fingerprint density at radius 3 is 2.02 bits per heavy atom. The van der Waals surface area contributed by atoms with Gasteiger partial charge in [-0.15, -0.1) is 0 Å². The Bertz CT molecular complexity index is 3260. The summed E-state index contributed by atoms with van der Waals surface area (Å²) in [5.41, 5.74) is 14.6. The maximum absolute atomic E-state index is 6.85. The van der Waals surface area contributed by atoms with E-state index in [0.29, 0.717) is 0 Å². The van der Waals surface area contributed by atoms with E-state index in [1.807, 2.05) is 24.3 Å². The van der Waals surface area contributed by atoms with E-state index >= 15 is 0 Å². The van der Waals surface area contributed by atoms with E-state index in [1.165, 1.54) is 11.3 Å². The first-order valence-electron chi connectivity index (χ1n) is 18.6. The number of furan rings is 2. The van der Waals surface area contributed by atoms with E-state index < -0.39 is 0 Å². The number of nitrogens with zero attached hydrogens (tertiary/aromatic N) is 1. The molecule has 0 fully saturated rings. The van der Waals surface area contributed by atoms with Gasteiger partial charge in [-0.05, 0) is 72.5 Å². The number of fused-ring (bicyclic) bond motifs is 12. The summed E-state index contributed by atoms with van der Waals surface area (Å²) < 4.78 is 22.6. The molecular formula is C50H31NO3. The van der Waals surface area contributed by atoms with Crippen LogP contribution in [-0.4, -0.2) is 4.57 Å². The van der Waals surface area contributed by atoms with Gasteiger partial charge in [0.1, 0.15) is 33.8 Å². The molecule has 0 radical (unpaired) electrons. The second kappa shape index (κ2) is 11.2. The molecule has 0 bridgehead atoms. The van der Waals surface area contributed by atoms with E-state index in [1.54, 1.807) is 0 Å². The van der Waals surface area contributed by atoms with Gasteiger partial charge >= 0.3 is 0 Å². The van der Waals surface area contributed by atoms with Crippen molar-refractivity contribution in [2.24, 2.45) is 0 Å². The van der Waals surface area contributed by atoms with E-state index in [2.05, 4.69) is 144 Å². The Kier molecular flexibility index (Phi) is 6.14. The first-order valence-corrected chi connectivity index (χ1v) is 18.6. The standard InChI is InChI=1S/C50H31NO3/c1-6-20-44-30(11-1)23-24-31-25-28-43-47(48(31)52-44)39-14-2-5-19-41(39)51(43)42-27-26-32(33-15-9-16-36-34-12-3-7-21-45(34)53-49(33)36)29-40(42)38-18-10-17-37-35-13-4-8-22-46(35)54-50(37)38/h1,3-13,15-29H,2,14H2. The molecule has 3 aromatic heterocycles. The molecule has 0 atom stereocenters. The summed E-state index contributed by atoms with van der Waals surface area (Å²) in [6.07, 6.45) is 10.8. The van der Waals surface area contributed by atoms with Gasteiger partial charge < -0.3 is 18.1 Å². The third kappa shape index (κ3) is 4.19. The van der Waals surface area contributed by atoms with Gasteiger partial charge in [-0.2, -0.15) is 0 Å². The highest BCUT2D eigenvalue weighted by molar-refractivity contribution is 6.12. The van der Waals surface area contributed by atoms with Crippen molar-refractivity contribution in [1.29, 1.82) is 0 Å². The predicted octanol–water partition coefficient (Wildman–Crippen LogP) is 14.0. The van der Waals surface area contributed by atoms with Crippen LogP contribution in [0.2, 0.25) is 0 Å². The largest absolute Gasteiger partial charge is 0.455 e. The van der Waals surface area contributed by atoms with Crippen LogP contribution in [-0.2, 0) is 6.42 Å². The van der Waals surface area contributed by atoms with Gasteiger partial charge in [-0.25, -0.2) is 0 Å². The fourth-order valence-electron chi connectivity index (χ4n) is 8.86. The number of para-hydroxylation sites is 5. The predicted molar refractivity (Wildman–Crippen MR) is 222 cm³/mol. The molecule has 4 nitrogen and oxygen atoms in total. The van der Waals surface area contributed by atoms with Gasteiger partial charge in [0.25, 0.3) is 0 Å². The van der Waals surface area contributed by atoms with Crippen molar-refractivity contribution >= 4 is 73.0 Å². The smallest absolute Gasteiger partial charge is 0.144 e. The van der Waals surface area contributed by atoms with Gasteiger partial charge in [-0.3, -0.25) is 0 Å². The second-order valence-corrected chi connectivity index (χ2v) is 14.3. The molecule has 54 heavy (non-hydrogen) atoms. The molecule has 0 saturated carbocycles. The van der Waals surface area contributed by atoms with Gasteiger partial charge in [0, 0.05) is 60.4 Å². The topological polar surface area (TPSA) is 40.4 Å². The molecule has 2 aliphatic rings. The van der Waals surface area contributed by atoms with Crippen LogP contribution >= 0.6 is 0 Å². The van der Waals surface area contributed by atoms with E-state index in [4.69, 9.17) is 13.6 Å². The maximum atomic E-state index is 6.85. The highest BCUT2D eigenvalue weighted by Gasteiger charge is 2.27. The minimum atomic E-state index is 0.870. The summed E-state index contributed by atoms with van der Waals surface area (Å²) in [5, 5.41) is 5.60. The molecule has 12 rings (SSSR count). The molecule has 0 spiro atoms. The fraction of sp³-hybridized carbons (Fsp3) is 0.0400. The Labute approximate surface area is 310 Å². The Hall–Kier alpha value is -7.04. The number of hydrogen-bond donors (Lipinski definition) is 0. The van der Waals surface area contributed by atoms with Crippen LogP contribution < -0.4 is 4.74 Å².